The summed E-state index contributed by atoms with van der Waals surface area (Å²) in [4.78, 5) is 54.7. The van der Waals surface area contributed by atoms with Crippen LogP contribution in [0.15, 0.2) is 78.0 Å². The molecule has 4 amide bonds. The number of nitrogens with one attached hydrogen (secondary N) is 2. The lowest BCUT2D eigenvalue weighted by molar-refractivity contribution is -0.122. The summed E-state index contributed by atoms with van der Waals surface area (Å²) in [6.07, 6.45) is 4.33. The maximum absolute atomic E-state index is 13.9. The number of pyridine rings is 1. The van der Waals surface area contributed by atoms with Crippen LogP contribution < -0.4 is 10.6 Å². The number of anilines is 1. The minimum absolute atomic E-state index is 0.0239. The third-order valence-electron chi connectivity index (χ3n) is 4.99. The van der Waals surface area contributed by atoms with Crippen molar-refractivity contribution in [3.8, 4) is 0 Å². The van der Waals surface area contributed by atoms with Crippen LogP contribution in [0.3, 0.4) is 0 Å². The smallest absolute Gasteiger partial charge is 0.293 e. The van der Waals surface area contributed by atoms with Gasteiger partial charge in [0.05, 0.1) is 10.5 Å². The van der Waals surface area contributed by atoms with Crippen molar-refractivity contribution in [2.24, 2.45) is 0 Å². The molecular formula is C25H19FN4O4S. The lowest BCUT2D eigenvalue weighted by Gasteiger charge is -2.13. The Morgan fingerprint density at radius 3 is 2.57 bits per heavy atom. The molecule has 10 heteroatoms. The molecule has 2 heterocycles. The highest BCUT2D eigenvalue weighted by Crippen LogP contribution is 2.32. The van der Waals surface area contributed by atoms with E-state index in [1.807, 2.05) is 0 Å². The molecule has 1 saturated heterocycles. The number of rotatable bonds is 7. The fourth-order valence-corrected chi connectivity index (χ4v) is 4.10. The van der Waals surface area contributed by atoms with Crippen molar-refractivity contribution in [1.29, 1.82) is 0 Å². The second kappa shape index (κ2) is 10.7. The molecule has 176 valence electrons. The van der Waals surface area contributed by atoms with Crippen LogP contribution in [0.5, 0.6) is 0 Å². The first-order valence-electron chi connectivity index (χ1n) is 10.5. The molecule has 0 radical (unpaired) electrons. The minimum atomic E-state index is -0.544. The summed E-state index contributed by atoms with van der Waals surface area (Å²) in [7, 11) is 0. The molecule has 4 rings (SSSR count). The highest BCUT2D eigenvalue weighted by molar-refractivity contribution is 8.18. The normalized spacial score (nSPS) is 14.3. The number of nitrogens with zero attached hydrogens (tertiary/aromatic N) is 2. The van der Waals surface area contributed by atoms with Crippen molar-refractivity contribution in [2.75, 3.05) is 18.4 Å². The molecule has 1 aliphatic heterocycles. The quantitative estimate of drug-likeness (QED) is 0.486. The van der Waals surface area contributed by atoms with Crippen molar-refractivity contribution in [1.82, 2.24) is 15.2 Å². The average molecular weight is 491 g/mol. The average Bonchev–Trinajstić information content (AvgIpc) is 3.13. The largest absolute Gasteiger partial charge is 0.350 e. The van der Waals surface area contributed by atoms with Gasteiger partial charge in [0.1, 0.15) is 5.82 Å². The Bertz CT molecular complexity index is 1330. The maximum atomic E-state index is 13.9. The van der Waals surface area contributed by atoms with Crippen LogP contribution in [-0.4, -0.2) is 45.9 Å². The van der Waals surface area contributed by atoms with Gasteiger partial charge in [0.2, 0.25) is 0 Å². The third-order valence-corrected chi connectivity index (χ3v) is 5.90. The molecular weight excluding hydrogens is 471 g/mol. The first-order chi connectivity index (χ1) is 16.9. The molecule has 1 aliphatic rings. The van der Waals surface area contributed by atoms with E-state index in [0.717, 1.165) is 16.7 Å². The summed E-state index contributed by atoms with van der Waals surface area (Å²) in [5.74, 6) is -1.84. The number of amides is 4. The number of hydrogen-bond donors (Lipinski definition) is 2. The molecule has 2 N–H and O–H groups in total. The van der Waals surface area contributed by atoms with E-state index in [2.05, 4.69) is 15.6 Å². The van der Waals surface area contributed by atoms with Gasteiger partial charge in [-0.15, -0.1) is 0 Å². The van der Waals surface area contributed by atoms with E-state index in [9.17, 15) is 23.6 Å². The Morgan fingerprint density at radius 2 is 1.80 bits per heavy atom. The van der Waals surface area contributed by atoms with Gasteiger partial charge in [0.15, 0.2) is 0 Å². The summed E-state index contributed by atoms with van der Waals surface area (Å²) < 4.78 is 13.9. The molecule has 1 aromatic heterocycles. The molecule has 3 aromatic rings. The van der Waals surface area contributed by atoms with Crippen LogP contribution in [-0.2, 0) is 4.79 Å². The fourth-order valence-electron chi connectivity index (χ4n) is 3.25. The predicted molar refractivity (Wildman–Crippen MR) is 130 cm³/mol. The van der Waals surface area contributed by atoms with Crippen molar-refractivity contribution in [3.63, 3.8) is 0 Å². The molecule has 0 aliphatic carbocycles. The molecule has 1 fully saturated rings. The van der Waals surface area contributed by atoms with Crippen LogP contribution in [0.2, 0.25) is 0 Å². The van der Waals surface area contributed by atoms with Gasteiger partial charge in [0, 0.05) is 42.3 Å². The van der Waals surface area contributed by atoms with E-state index in [1.54, 1.807) is 42.6 Å². The van der Waals surface area contributed by atoms with Gasteiger partial charge in [-0.2, -0.15) is 0 Å². The number of hydrogen-bond acceptors (Lipinski definition) is 6. The van der Waals surface area contributed by atoms with E-state index < -0.39 is 22.9 Å². The molecule has 35 heavy (non-hydrogen) atoms. The summed E-state index contributed by atoms with van der Waals surface area (Å²) in [6, 6.07) is 15.6. The van der Waals surface area contributed by atoms with Gasteiger partial charge < -0.3 is 10.6 Å². The number of benzene rings is 2. The van der Waals surface area contributed by atoms with E-state index in [1.165, 1.54) is 36.5 Å². The Kier molecular flexibility index (Phi) is 7.32. The minimum Gasteiger partial charge on any atom is -0.350 e. The zero-order chi connectivity index (χ0) is 24.8. The van der Waals surface area contributed by atoms with Crippen LogP contribution in [0.25, 0.3) is 6.08 Å². The summed E-state index contributed by atoms with van der Waals surface area (Å²) in [6.45, 7) is -0.0153. The Labute approximate surface area is 204 Å². The SMILES string of the molecule is O=C(NCCN1C(=O)SC(=Cc2ccccc2F)C1=O)c1cccc(NC(=O)c2cccnc2)c1. The van der Waals surface area contributed by atoms with Gasteiger partial charge in [-0.1, -0.05) is 24.3 Å². The summed E-state index contributed by atoms with van der Waals surface area (Å²) >= 11 is 0.721. The number of carbonyl (C=O) groups is 4. The van der Waals surface area contributed by atoms with E-state index in [0.29, 0.717) is 16.8 Å². The second-order valence-electron chi connectivity index (χ2n) is 7.39. The zero-order valence-corrected chi connectivity index (χ0v) is 19.0. The number of halogens is 1. The summed E-state index contributed by atoms with van der Waals surface area (Å²) in [5.41, 5.74) is 1.31. The monoisotopic (exact) mass is 490 g/mol. The molecule has 0 atom stereocenters. The molecule has 0 unspecified atom stereocenters. The standard InChI is InChI=1S/C25H19FN4O4S/c26-20-9-2-1-5-16(20)14-21-24(33)30(25(34)35-21)12-11-28-22(31)17-6-3-8-19(13-17)29-23(32)18-7-4-10-27-15-18/h1-10,13-15H,11-12H2,(H,28,31)(H,29,32). The number of aromatic nitrogens is 1. The van der Waals surface area contributed by atoms with Crippen LogP contribution >= 0.6 is 11.8 Å². The molecule has 0 bridgehead atoms. The lowest BCUT2D eigenvalue weighted by Crippen LogP contribution is -2.37. The third kappa shape index (κ3) is 5.79. The number of carbonyl (C=O) groups excluding carboxylic acids is 4. The highest BCUT2D eigenvalue weighted by Gasteiger charge is 2.34. The van der Waals surface area contributed by atoms with Gasteiger partial charge in [-0.3, -0.25) is 29.1 Å². The maximum Gasteiger partial charge on any atom is 0.293 e. The van der Waals surface area contributed by atoms with Crippen molar-refractivity contribution in [2.45, 2.75) is 0 Å². The number of thioether (sulfide) groups is 1. The van der Waals surface area contributed by atoms with E-state index in [4.69, 9.17) is 0 Å². The van der Waals surface area contributed by atoms with Gasteiger partial charge in [-0.05, 0) is 54.2 Å². The second-order valence-corrected chi connectivity index (χ2v) is 8.38. The topological polar surface area (TPSA) is 108 Å². The Morgan fingerprint density at radius 1 is 1.00 bits per heavy atom. The Hall–Kier alpha value is -4.31. The Balaban J connectivity index is 1.33. The van der Waals surface area contributed by atoms with Gasteiger partial charge in [-0.25, -0.2) is 4.39 Å². The van der Waals surface area contributed by atoms with E-state index >= 15 is 0 Å². The van der Waals surface area contributed by atoms with Crippen LogP contribution in [0.4, 0.5) is 14.9 Å². The first-order valence-corrected chi connectivity index (χ1v) is 11.3. The van der Waals surface area contributed by atoms with Gasteiger partial charge in [0.25, 0.3) is 23.0 Å². The number of imide groups is 1. The van der Waals surface area contributed by atoms with Crippen LogP contribution in [0.1, 0.15) is 26.3 Å². The predicted octanol–water partition coefficient (Wildman–Crippen LogP) is 3.94. The molecule has 0 spiro atoms. The molecule has 0 saturated carbocycles. The van der Waals surface area contributed by atoms with Crippen molar-refractivity contribution >= 4 is 46.5 Å². The molecule has 8 nitrogen and oxygen atoms in total. The van der Waals surface area contributed by atoms with E-state index in [-0.39, 0.29) is 29.5 Å². The van der Waals surface area contributed by atoms with Crippen molar-refractivity contribution < 1.29 is 23.6 Å². The van der Waals surface area contributed by atoms with Gasteiger partial charge >= 0.3 is 0 Å². The first kappa shape index (κ1) is 23.8. The lowest BCUT2D eigenvalue weighted by atomic mass is 10.1. The molecule has 2 aromatic carbocycles. The van der Waals surface area contributed by atoms with Crippen LogP contribution in [0, 0.1) is 5.82 Å². The highest BCUT2D eigenvalue weighted by atomic mass is 32.2. The summed E-state index contributed by atoms with van der Waals surface area (Å²) in [5, 5.41) is 4.87. The zero-order valence-electron chi connectivity index (χ0n) is 18.2. The fraction of sp³-hybridized carbons (Fsp3) is 0.0800. The van der Waals surface area contributed by atoms with Crippen molar-refractivity contribution in [3.05, 3.63) is 100 Å².